The highest BCUT2D eigenvalue weighted by atomic mass is 16.7. The van der Waals surface area contributed by atoms with Crippen LogP contribution < -0.4 is 0 Å². The van der Waals surface area contributed by atoms with E-state index in [4.69, 9.17) is 47.4 Å². The molecule has 106 heavy (non-hydrogen) atoms. The first kappa shape index (κ1) is 119. The van der Waals surface area contributed by atoms with Gasteiger partial charge in [0, 0.05) is 72.0 Å². The maximum Gasteiger partial charge on any atom is 0.160 e. The number of hydrogen-bond donors (Lipinski definition) is 0. The van der Waals surface area contributed by atoms with Crippen LogP contribution in [0, 0.1) is 75.4 Å². The minimum Gasteiger partial charge on any atom is -0.381 e. The number of rotatable bonds is 57. The van der Waals surface area contributed by atoms with Crippen LogP contribution in [0.4, 0.5) is 0 Å². The molecule has 13 atom stereocenters. The van der Waals surface area contributed by atoms with Crippen molar-refractivity contribution in [3.63, 3.8) is 0 Å². The quantitative estimate of drug-likeness (QED) is 0.0548. The topological polar surface area (TPSA) is 92.3 Å². The van der Waals surface area contributed by atoms with E-state index >= 15 is 0 Å². The van der Waals surface area contributed by atoms with E-state index in [1.807, 2.05) is 0 Å². The second kappa shape index (κ2) is 84.0. The van der Waals surface area contributed by atoms with Gasteiger partial charge in [-0.25, -0.2) is 0 Å². The van der Waals surface area contributed by atoms with Crippen LogP contribution >= 0.6 is 0 Å². The second-order valence-corrected chi connectivity index (χ2v) is 34.0. The summed E-state index contributed by atoms with van der Waals surface area (Å²) in [4.78, 5) is 0. The van der Waals surface area contributed by atoms with Crippen molar-refractivity contribution >= 4 is 0 Å². The highest BCUT2D eigenvalue weighted by molar-refractivity contribution is 4.82. The molecule has 10 nitrogen and oxygen atoms in total. The van der Waals surface area contributed by atoms with Gasteiger partial charge in [0.1, 0.15) is 6.10 Å². The van der Waals surface area contributed by atoms with Crippen molar-refractivity contribution in [2.45, 2.75) is 459 Å². The summed E-state index contributed by atoms with van der Waals surface area (Å²) >= 11 is 0. The molecule has 650 valence electrons. The average Bonchev–Trinajstić information content (AvgIpc) is 0.821. The lowest BCUT2D eigenvalue weighted by Gasteiger charge is -2.43. The third-order valence-electron chi connectivity index (χ3n) is 23.6. The maximum absolute atomic E-state index is 6.05. The lowest BCUT2D eigenvalue weighted by molar-refractivity contribution is -0.248. The van der Waals surface area contributed by atoms with Crippen molar-refractivity contribution < 1.29 is 47.4 Å². The molecule has 0 spiro atoms. The van der Waals surface area contributed by atoms with Gasteiger partial charge in [-0.3, -0.25) is 0 Å². The molecule has 0 bridgehead atoms. The van der Waals surface area contributed by atoms with E-state index < -0.39 is 0 Å². The highest BCUT2D eigenvalue weighted by Gasteiger charge is 2.38. The summed E-state index contributed by atoms with van der Waals surface area (Å²) in [5.41, 5.74) is 1.45. The van der Waals surface area contributed by atoms with Gasteiger partial charge < -0.3 is 47.4 Å². The number of unbranched alkanes of at least 4 members (excludes halogenated alkanes) is 7. The molecule has 1 aliphatic rings. The predicted octanol–water partition coefficient (Wildman–Crippen LogP) is 30.0. The molecular formula is C96H206O10. The van der Waals surface area contributed by atoms with Crippen LogP contribution in [0.25, 0.3) is 0 Å². The summed E-state index contributed by atoms with van der Waals surface area (Å²) in [5.74, 6) is 6.76. The summed E-state index contributed by atoms with van der Waals surface area (Å²) in [5, 5.41) is 0. The molecule has 0 N–H and O–H groups in total. The fourth-order valence-corrected chi connectivity index (χ4v) is 11.9. The molecule has 1 saturated heterocycles. The zero-order valence-corrected chi connectivity index (χ0v) is 79.6. The van der Waals surface area contributed by atoms with Gasteiger partial charge in [-0.05, 0) is 179 Å². The second-order valence-electron chi connectivity index (χ2n) is 34.0. The molecule has 10 heteroatoms. The van der Waals surface area contributed by atoms with Gasteiger partial charge >= 0.3 is 0 Å². The van der Waals surface area contributed by atoms with E-state index in [1.165, 1.54) is 141 Å². The third-order valence-corrected chi connectivity index (χ3v) is 23.6. The van der Waals surface area contributed by atoms with E-state index in [9.17, 15) is 0 Å². The Kier molecular flexibility index (Phi) is 94.2. The van der Waals surface area contributed by atoms with Crippen LogP contribution in [-0.4, -0.2) is 123 Å². The Balaban J connectivity index is -0.000000214. The molecule has 1 fully saturated rings. The molecule has 0 saturated carbocycles. The Morgan fingerprint density at radius 3 is 1.03 bits per heavy atom. The predicted molar refractivity (Wildman–Crippen MR) is 473 cm³/mol. The summed E-state index contributed by atoms with van der Waals surface area (Å²) in [6.45, 7) is 90.7. The molecule has 0 aromatic heterocycles. The van der Waals surface area contributed by atoms with E-state index in [1.54, 1.807) is 0 Å². The number of hydrogen-bond acceptors (Lipinski definition) is 10. The molecule has 0 amide bonds. The smallest absolute Gasteiger partial charge is 0.160 e. The Morgan fingerprint density at radius 2 is 0.698 bits per heavy atom. The standard InChI is InChI=1S/C17H36O3.C14H28O2.2C13H28O.2C12H26O.C8H18O.C7H16/c1-6-9-10-20-17(13-18-11-15(4)7-2)14-19-12-16(5)8-3;1-6-8-9-15-14-12(5)10(3)11(4)13(7-2)16-14;1-6-8-9-14-10-12(4)13(5)11(3)7-2;1-6-9-10-14-13(11(4)7-2)12(5)8-3;2*1-5-9-10-13-11-12(6-2,7-3)8-4;1-4-6-7-9-8(3)5-2;1-5-6-7(2,3)4/h15-17H,6-14H2,1-5H3;10-14H,6-9H2,1-5H3;2*11-13H,6-10H2,1-5H3;2*5-11H2,1-4H3;8H,4-7H2,1-3H3;5-6H2,1-4H3/t;10?,11-,12-,13?,14+;;;;;;/m.1....../s1. The molecule has 1 heterocycles. The minimum atomic E-state index is 0.0164. The normalized spacial score (nSPS) is 18.7. The maximum atomic E-state index is 6.05. The monoisotopic (exact) mass is 1520 g/mol. The van der Waals surface area contributed by atoms with Crippen molar-refractivity contribution in [1.29, 1.82) is 0 Å². The first-order valence-corrected chi connectivity index (χ1v) is 46.4. The molecular weight excluding hydrogens is 1310 g/mol. The average molecular weight is 1520 g/mol. The summed E-state index contributed by atoms with van der Waals surface area (Å²) in [7, 11) is 0. The lowest BCUT2D eigenvalue weighted by Crippen LogP contribution is -2.45. The van der Waals surface area contributed by atoms with Gasteiger partial charge in [0.25, 0.3) is 0 Å². The SMILES string of the molecule is CCCC(C)(C)C.CCCCOC(C(C)CC)C(C)CC.CCCCOC(C)CC.CCCCOC(COCC(C)CC)COCC(C)CC.CCCCOCC(C)C(C)C(C)CC.CCCCOCC(CC)(CC)CC.CCCCOCC(CC)(CC)CC.CCCCO[C@H]1OC(CC)[C@H](C)C(C)[C@H]1C. The van der Waals surface area contributed by atoms with Crippen molar-refractivity contribution in [3.05, 3.63) is 0 Å². The summed E-state index contributed by atoms with van der Waals surface area (Å²) < 4.78 is 57.8. The van der Waals surface area contributed by atoms with Gasteiger partial charge in [-0.2, -0.15) is 0 Å². The van der Waals surface area contributed by atoms with E-state index in [0.717, 1.165) is 136 Å². The van der Waals surface area contributed by atoms with E-state index in [0.29, 0.717) is 95.1 Å². The molecule has 0 aromatic rings. The van der Waals surface area contributed by atoms with Crippen LogP contribution in [0.15, 0.2) is 0 Å². The van der Waals surface area contributed by atoms with Crippen LogP contribution in [-0.2, 0) is 47.4 Å². The fourth-order valence-electron chi connectivity index (χ4n) is 11.9. The molecule has 1 aliphatic heterocycles. The Labute approximate surface area is 671 Å². The van der Waals surface area contributed by atoms with Crippen LogP contribution in [0.5, 0.6) is 0 Å². The van der Waals surface area contributed by atoms with Crippen molar-refractivity contribution in [2.75, 3.05) is 92.5 Å². The van der Waals surface area contributed by atoms with E-state index in [2.05, 4.69) is 242 Å². The van der Waals surface area contributed by atoms with Crippen LogP contribution in [0.3, 0.4) is 0 Å². The molecule has 0 aromatic carbocycles. The Morgan fingerprint density at radius 1 is 0.330 bits per heavy atom. The van der Waals surface area contributed by atoms with E-state index in [-0.39, 0.29) is 12.4 Å². The number of ether oxygens (including phenoxy) is 10. The van der Waals surface area contributed by atoms with Gasteiger partial charge in [0.2, 0.25) is 0 Å². The van der Waals surface area contributed by atoms with Crippen molar-refractivity contribution in [2.24, 2.45) is 75.4 Å². The summed E-state index contributed by atoms with van der Waals surface area (Å²) in [6.07, 6.45) is 36.5. The van der Waals surface area contributed by atoms with Gasteiger partial charge in [0.05, 0.1) is 44.7 Å². The van der Waals surface area contributed by atoms with Gasteiger partial charge in [0.15, 0.2) is 6.29 Å². The fraction of sp³-hybridized carbons (Fsp3) is 1.00. The van der Waals surface area contributed by atoms with Crippen molar-refractivity contribution in [1.82, 2.24) is 0 Å². The van der Waals surface area contributed by atoms with Gasteiger partial charge in [-0.15, -0.1) is 0 Å². The third kappa shape index (κ3) is 71.4. The lowest BCUT2D eigenvalue weighted by atomic mass is 9.78. The van der Waals surface area contributed by atoms with Crippen molar-refractivity contribution in [3.8, 4) is 0 Å². The zero-order chi connectivity index (χ0) is 82.6. The zero-order valence-electron chi connectivity index (χ0n) is 79.6. The summed E-state index contributed by atoms with van der Waals surface area (Å²) in [6, 6.07) is 0. The first-order chi connectivity index (χ1) is 50.4. The largest absolute Gasteiger partial charge is 0.381 e. The minimum absolute atomic E-state index is 0.0164. The Bertz CT molecular complexity index is 1540. The Hall–Kier alpha value is -0.400. The molecule has 10 unspecified atom stereocenters. The van der Waals surface area contributed by atoms with Gasteiger partial charge in [-0.1, -0.05) is 319 Å². The van der Waals surface area contributed by atoms with Crippen LogP contribution in [0.2, 0.25) is 0 Å². The molecule has 0 radical (unpaired) electrons. The molecule has 0 aliphatic carbocycles. The highest BCUT2D eigenvalue weighted by Crippen LogP contribution is 2.37. The first-order valence-electron chi connectivity index (χ1n) is 46.4. The van der Waals surface area contributed by atoms with Crippen LogP contribution in [0.1, 0.15) is 429 Å². The molecule has 1 rings (SSSR count).